The van der Waals surface area contributed by atoms with Gasteiger partial charge in [0.15, 0.2) is 5.78 Å². The molecule has 0 aliphatic rings. The molecule has 0 radical (unpaired) electrons. The number of rotatable bonds is 3. The monoisotopic (exact) mass is 198 g/mol. The van der Waals surface area contributed by atoms with Crippen molar-refractivity contribution in [1.29, 1.82) is 0 Å². The van der Waals surface area contributed by atoms with Gasteiger partial charge in [0.2, 0.25) is 0 Å². The molecule has 0 bridgehead atoms. The first-order valence-corrected chi connectivity index (χ1v) is 4.58. The molecule has 3 heteroatoms. The van der Waals surface area contributed by atoms with Crippen LogP contribution < -0.4 is 0 Å². The average molecular weight is 199 g/mol. The van der Waals surface area contributed by atoms with Crippen molar-refractivity contribution in [3.05, 3.63) is 29.3 Å². The maximum atomic E-state index is 11.4. The Hall–Kier alpha value is -1.02. The van der Waals surface area contributed by atoms with Crippen molar-refractivity contribution in [3.63, 3.8) is 0 Å². The molecule has 1 aromatic rings. The fraction of sp³-hybridized carbons (Fsp3) is 0.300. The molecule has 0 atom stereocenters. The molecule has 0 saturated carbocycles. The Kier molecular flexibility index (Phi) is 3.32. The van der Waals surface area contributed by atoms with Gasteiger partial charge in [-0.2, -0.15) is 0 Å². The number of hydrogen-bond acceptors (Lipinski definition) is 2. The minimum absolute atomic E-state index is 0.0371. The highest BCUT2D eigenvalue weighted by atomic mass is 35.5. The third kappa shape index (κ3) is 2.22. The summed E-state index contributed by atoms with van der Waals surface area (Å²) < 4.78 is 0. The maximum absolute atomic E-state index is 11.4. The van der Waals surface area contributed by atoms with Crippen LogP contribution in [0.5, 0.6) is 5.75 Å². The van der Waals surface area contributed by atoms with Gasteiger partial charge in [-0.05, 0) is 18.6 Å². The Balaban J connectivity index is 3.05. The number of benzene rings is 1. The topological polar surface area (TPSA) is 37.3 Å². The zero-order valence-electron chi connectivity index (χ0n) is 7.38. The molecular weight excluding hydrogens is 188 g/mol. The van der Waals surface area contributed by atoms with Crippen LogP contribution in [0.1, 0.15) is 22.3 Å². The smallest absolute Gasteiger partial charge is 0.168 e. The Labute approximate surface area is 82.2 Å². The van der Waals surface area contributed by atoms with E-state index in [9.17, 15) is 9.90 Å². The van der Waals surface area contributed by atoms with Gasteiger partial charge in [-0.3, -0.25) is 4.79 Å². The lowest BCUT2D eigenvalue weighted by molar-refractivity contribution is 0.0986. The van der Waals surface area contributed by atoms with Gasteiger partial charge in [-0.25, -0.2) is 0 Å². The minimum atomic E-state index is -0.106. The molecule has 0 aliphatic carbocycles. The van der Waals surface area contributed by atoms with Gasteiger partial charge in [0.25, 0.3) is 0 Å². The average Bonchev–Trinajstić information content (AvgIpc) is 2.04. The summed E-state index contributed by atoms with van der Waals surface area (Å²) in [5, 5.41) is 9.42. The summed E-state index contributed by atoms with van der Waals surface area (Å²) in [6.45, 7) is 1.79. The highest BCUT2D eigenvalue weighted by Gasteiger charge is 2.12. The number of phenolic OH excluding ortho intramolecular Hbond substituents is 1. The molecule has 0 saturated heterocycles. The van der Waals surface area contributed by atoms with E-state index in [1.165, 1.54) is 6.07 Å². The molecule has 0 aliphatic heterocycles. The molecule has 1 N–H and O–H groups in total. The van der Waals surface area contributed by atoms with E-state index in [2.05, 4.69) is 0 Å². The predicted octanol–water partition coefficient (Wildman–Crippen LogP) is 2.51. The number of aromatic hydroxyl groups is 1. The van der Waals surface area contributed by atoms with E-state index in [1.54, 1.807) is 19.1 Å². The Bertz CT molecular complexity index is 300. The first-order chi connectivity index (χ1) is 6.16. The van der Waals surface area contributed by atoms with Crippen LogP contribution in [-0.2, 0) is 0 Å². The molecule has 0 spiro atoms. The van der Waals surface area contributed by atoms with E-state index >= 15 is 0 Å². The van der Waals surface area contributed by atoms with E-state index in [-0.39, 0.29) is 23.8 Å². The summed E-state index contributed by atoms with van der Waals surface area (Å²) in [4.78, 5) is 11.4. The van der Waals surface area contributed by atoms with Crippen LogP contribution in [0.15, 0.2) is 18.2 Å². The number of halogens is 1. The summed E-state index contributed by atoms with van der Waals surface area (Å²) in [7, 11) is 0. The normalized spacial score (nSPS) is 10.0. The van der Waals surface area contributed by atoms with Crippen LogP contribution in [0.25, 0.3) is 0 Å². The second kappa shape index (κ2) is 4.28. The Morgan fingerprint density at radius 1 is 1.54 bits per heavy atom. The van der Waals surface area contributed by atoms with Crippen molar-refractivity contribution < 1.29 is 9.90 Å². The third-order valence-corrected chi connectivity index (χ3v) is 2.04. The molecule has 13 heavy (non-hydrogen) atoms. The quantitative estimate of drug-likeness (QED) is 0.599. The molecule has 1 aromatic carbocycles. The predicted molar refractivity (Wildman–Crippen MR) is 52.5 cm³/mol. The standard InChI is InChI=1S/C10H11ClO2/c1-7-3-2-4-8(12)10(7)9(13)5-6-11/h2-4,12H,5-6H2,1H3. The first-order valence-electron chi connectivity index (χ1n) is 4.04. The molecule has 2 nitrogen and oxygen atoms in total. The number of hydrogen-bond donors (Lipinski definition) is 1. The second-order valence-electron chi connectivity index (χ2n) is 2.83. The lowest BCUT2D eigenvalue weighted by atomic mass is 10.0. The van der Waals surface area contributed by atoms with Gasteiger partial charge >= 0.3 is 0 Å². The second-order valence-corrected chi connectivity index (χ2v) is 3.21. The van der Waals surface area contributed by atoms with E-state index in [0.29, 0.717) is 5.56 Å². The summed E-state index contributed by atoms with van der Waals surface area (Å²) in [6, 6.07) is 5.01. The maximum Gasteiger partial charge on any atom is 0.168 e. The van der Waals surface area contributed by atoms with Crippen molar-refractivity contribution in [3.8, 4) is 5.75 Å². The van der Waals surface area contributed by atoms with Crippen molar-refractivity contribution in [1.82, 2.24) is 0 Å². The first kappa shape index (κ1) is 10.1. The fourth-order valence-corrected chi connectivity index (χ4v) is 1.40. The zero-order chi connectivity index (χ0) is 9.84. The largest absolute Gasteiger partial charge is 0.507 e. The van der Waals surface area contributed by atoms with Crippen LogP contribution in [0, 0.1) is 6.92 Å². The highest BCUT2D eigenvalue weighted by Crippen LogP contribution is 2.21. The van der Waals surface area contributed by atoms with Crippen LogP contribution in [0.3, 0.4) is 0 Å². The molecule has 0 heterocycles. The Morgan fingerprint density at radius 2 is 2.23 bits per heavy atom. The molecule has 0 fully saturated rings. The summed E-state index contributed by atoms with van der Waals surface area (Å²) in [5.41, 5.74) is 1.18. The third-order valence-electron chi connectivity index (χ3n) is 1.85. The minimum Gasteiger partial charge on any atom is -0.507 e. The molecule has 0 amide bonds. The van der Waals surface area contributed by atoms with E-state index in [0.717, 1.165) is 5.56 Å². The van der Waals surface area contributed by atoms with Crippen LogP contribution in [0.4, 0.5) is 0 Å². The van der Waals surface area contributed by atoms with E-state index < -0.39 is 0 Å². The van der Waals surface area contributed by atoms with Crippen LogP contribution in [-0.4, -0.2) is 16.8 Å². The fourth-order valence-electron chi connectivity index (χ4n) is 1.23. The van der Waals surface area contributed by atoms with Crippen LogP contribution >= 0.6 is 11.6 Å². The van der Waals surface area contributed by atoms with Crippen molar-refractivity contribution in [2.45, 2.75) is 13.3 Å². The lowest BCUT2D eigenvalue weighted by Gasteiger charge is -2.05. The van der Waals surface area contributed by atoms with Gasteiger partial charge < -0.3 is 5.11 Å². The van der Waals surface area contributed by atoms with Crippen molar-refractivity contribution >= 4 is 17.4 Å². The Morgan fingerprint density at radius 3 is 2.77 bits per heavy atom. The van der Waals surface area contributed by atoms with Crippen LogP contribution in [0.2, 0.25) is 0 Å². The zero-order valence-corrected chi connectivity index (χ0v) is 8.14. The van der Waals surface area contributed by atoms with Gasteiger partial charge in [0, 0.05) is 12.3 Å². The molecular formula is C10H11ClO2. The molecule has 70 valence electrons. The summed E-state index contributed by atoms with van der Waals surface area (Å²) in [6.07, 6.45) is 0.264. The lowest BCUT2D eigenvalue weighted by Crippen LogP contribution is -2.02. The summed E-state index contributed by atoms with van der Waals surface area (Å²) in [5.74, 6) is 0.216. The van der Waals surface area contributed by atoms with E-state index in [1.807, 2.05) is 0 Å². The van der Waals surface area contributed by atoms with Gasteiger partial charge in [0.1, 0.15) is 5.75 Å². The number of carbonyl (C=O) groups is 1. The molecule has 1 rings (SSSR count). The number of aryl methyl sites for hydroxylation is 1. The van der Waals surface area contributed by atoms with Crippen molar-refractivity contribution in [2.24, 2.45) is 0 Å². The number of alkyl halides is 1. The van der Waals surface area contributed by atoms with Gasteiger partial charge in [-0.1, -0.05) is 12.1 Å². The van der Waals surface area contributed by atoms with Crippen molar-refractivity contribution in [2.75, 3.05) is 5.88 Å². The molecule has 0 unspecified atom stereocenters. The number of Topliss-reactive ketones (excluding diaryl/α,β-unsaturated/α-hetero) is 1. The number of carbonyl (C=O) groups excluding carboxylic acids is 1. The van der Waals surface area contributed by atoms with Gasteiger partial charge in [-0.15, -0.1) is 11.6 Å². The SMILES string of the molecule is Cc1cccc(O)c1C(=O)CCCl. The highest BCUT2D eigenvalue weighted by molar-refractivity contribution is 6.19. The number of ketones is 1. The summed E-state index contributed by atoms with van der Waals surface area (Å²) >= 11 is 5.45. The molecule has 0 aromatic heterocycles. The van der Waals surface area contributed by atoms with E-state index in [4.69, 9.17) is 11.6 Å². The van der Waals surface area contributed by atoms with Gasteiger partial charge in [0.05, 0.1) is 5.56 Å². The number of phenols is 1.